The van der Waals surface area contributed by atoms with Crippen LogP contribution in [0.25, 0.3) is 0 Å². The number of nitrogens with zero attached hydrogens (tertiary/aromatic N) is 1. The Morgan fingerprint density at radius 3 is 2.69 bits per heavy atom. The fourth-order valence-electron chi connectivity index (χ4n) is 1.65. The summed E-state index contributed by atoms with van der Waals surface area (Å²) in [5.74, 6) is 5.17. The molecule has 7 heteroatoms. The molecule has 0 spiro atoms. The predicted octanol–water partition coefficient (Wildman–Crippen LogP) is -0.0549. The van der Waals surface area contributed by atoms with Crippen LogP contribution in [0.2, 0.25) is 0 Å². The minimum Gasteiger partial charge on any atom is -0.450 e. The first kappa shape index (κ1) is 13.0. The van der Waals surface area contributed by atoms with Crippen molar-refractivity contribution in [1.29, 1.82) is 0 Å². The van der Waals surface area contributed by atoms with Gasteiger partial charge in [0.2, 0.25) is 0 Å². The average molecular weight is 246 g/mol. The molecule has 0 aromatic rings. The summed E-state index contributed by atoms with van der Waals surface area (Å²) < 4.78 is 4.93. The smallest absolute Gasteiger partial charge is 0.409 e. The molecule has 0 atom stereocenters. The van der Waals surface area contributed by atoms with Crippen molar-refractivity contribution in [2.75, 3.05) is 19.7 Å². The SMILES string of the molecule is CCOC(=O)N1CCC(NC(=S)NN)CC1. The van der Waals surface area contributed by atoms with Gasteiger partial charge in [-0.05, 0) is 32.0 Å². The number of piperidine rings is 1. The summed E-state index contributed by atoms with van der Waals surface area (Å²) in [6, 6.07) is 0.272. The summed E-state index contributed by atoms with van der Waals surface area (Å²) in [6.45, 7) is 3.59. The molecule has 4 N–H and O–H groups in total. The van der Waals surface area contributed by atoms with Gasteiger partial charge in [0.25, 0.3) is 0 Å². The molecule has 16 heavy (non-hydrogen) atoms. The molecule has 1 fully saturated rings. The minimum absolute atomic E-state index is 0.236. The zero-order chi connectivity index (χ0) is 12.0. The third-order valence-corrected chi connectivity index (χ3v) is 2.72. The molecular formula is C9H18N4O2S. The van der Waals surface area contributed by atoms with E-state index in [2.05, 4.69) is 10.7 Å². The van der Waals surface area contributed by atoms with Gasteiger partial charge in [-0.15, -0.1) is 0 Å². The lowest BCUT2D eigenvalue weighted by Gasteiger charge is -2.31. The molecule has 0 unspecified atom stereocenters. The van der Waals surface area contributed by atoms with Crippen LogP contribution in [-0.2, 0) is 4.74 Å². The number of likely N-dealkylation sites (tertiary alicyclic amines) is 1. The molecule has 6 nitrogen and oxygen atoms in total. The van der Waals surface area contributed by atoms with Gasteiger partial charge in [-0.1, -0.05) is 0 Å². The van der Waals surface area contributed by atoms with Crippen molar-refractivity contribution < 1.29 is 9.53 Å². The van der Waals surface area contributed by atoms with E-state index in [1.54, 1.807) is 11.8 Å². The molecule has 1 rings (SSSR count). The molecule has 92 valence electrons. The van der Waals surface area contributed by atoms with E-state index >= 15 is 0 Å². The van der Waals surface area contributed by atoms with Crippen molar-refractivity contribution in [3.05, 3.63) is 0 Å². The largest absolute Gasteiger partial charge is 0.450 e. The molecule has 1 aliphatic rings. The van der Waals surface area contributed by atoms with E-state index in [0.29, 0.717) is 24.8 Å². The van der Waals surface area contributed by atoms with E-state index in [1.807, 2.05) is 0 Å². The molecule has 1 aliphatic heterocycles. The quantitative estimate of drug-likeness (QED) is 0.360. The highest BCUT2D eigenvalue weighted by molar-refractivity contribution is 7.80. The number of nitrogens with two attached hydrogens (primary N) is 1. The number of carbonyl (C=O) groups excluding carboxylic acids is 1. The Hall–Kier alpha value is -1.08. The van der Waals surface area contributed by atoms with E-state index in [0.717, 1.165) is 12.8 Å². The molecule has 0 saturated carbocycles. The van der Waals surface area contributed by atoms with Crippen molar-refractivity contribution in [1.82, 2.24) is 15.6 Å². The molecule has 0 aromatic heterocycles. The number of rotatable bonds is 2. The highest BCUT2D eigenvalue weighted by Crippen LogP contribution is 2.11. The number of ether oxygens (including phenoxy) is 1. The van der Waals surface area contributed by atoms with Crippen molar-refractivity contribution in [2.24, 2.45) is 5.84 Å². The first-order valence-electron chi connectivity index (χ1n) is 5.36. The van der Waals surface area contributed by atoms with Gasteiger partial charge in [0.05, 0.1) is 6.61 Å². The molecule has 1 saturated heterocycles. The maximum Gasteiger partial charge on any atom is 0.409 e. The topological polar surface area (TPSA) is 79.6 Å². The number of hydrogen-bond donors (Lipinski definition) is 3. The third kappa shape index (κ3) is 3.82. The van der Waals surface area contributed by atoms with Gasteiger partial charge in [-0.25, -0.2) is 10.6 Å². The van der Waals surface area contributed by atoms with Crippen LogP contribution in [0.3, 0.4) is 0 Å². The summed E-state index contributed by atoms with van der Waals surface area (Å²) in [6.07, 6.45) is 1.46. The number of nitrogens with one attached hydrogen (secondary N) is 2. The van der Waals surface area contributed by atoms with Crippen LogP contribution in [0.1, 0.15) is 19.8 Å². The zero-order valence-corrected chi connectivity index (χ0v) is 10.2. The van der Waals surface area contributed by atoms with Crippen LogP contribution in [0.5, 0.6) is 0 Å². The normalized spacial score (nSPS) is 16.8. The average Bonchev–Trinajstić information content (AvgIpc) is 2.30. The number of hydrogen-bond acceptors (Lipinski definition) is 4. The molecular weight excluding hydrogens is 228 g/mol. The van der Waals surface area contributed by atoms with Gasteiger partial charge in [-0.2, -0.15) is 0 Å². The number of carbonyl (C=O) groups is 1. The van der Waals surface area contributed by atoms with Gasteiger partial charge in [0, 0.05) is 19.1 Å². The Morgan fingerprint density at radius 1 is 1.56 bits per heavy atom. The van der Waals surface area contributed by atoms with Crippen LogP contribution < -0.4 is 16.6 Å². The van der Waals surface area contributed by atoms with Crippen molar-refractivity contribution in [3.8, 4) is 0 Å². The Labute approximate surface area is 100 Å². The Bertz CT molecular complexity index is 254. The van der Waals surface area contributed by atoms with Crippen molar-refractivity contribution in [2.45, 2.75) is 25.8 Å². The number of thiocarbonyl (C=S) groups is 1. The van der Waals surface area contributed by atoms with Gasteiger partial charge < -0.3 is 20.4 Å². The van der Waals surface area contributed by atoms with Crippen LogP contribution in [0.15, 0.2) is 0 Å². The molecule has 0 aliphatic carbocycles. The van der Waals surface area contributed by atoms with Crippen LogP contribution in [0, 0.1) is 0 Å². The van der Waals surface area contributed by atoms with E-state index in [-0.39, 0.29) is 12.1 Å². The summed E-state index contributed by atoms with van der Waals surface area (Å²) in [5, 5.41) is 3.52. The van der Waals surface area contributed by atoms with Gasteiger partial charge in [0.15, 0.2) is 5.11 Å². The Balaban J connectivity index is 2.28. The Morgan fingerprint density at radius 2 is 2.19 bits per heavy atom. The van der Waals surface area contributed by atoms with E-state index in [4.69, 9.17) is 22.8 Å². The lowest BCUT2D eigenvalue weighted by molar-refractivity contribution is 0.0963. The maximum atomic E-state index is 11.4. The fourth-order valence-corrected chi connectivity index (χ4v) is 1.81. The highest BCUT2D eigenvalue weighted by Gasteiger charge is 2.23. The van der Waals surface area contributed by atoms with E-state index in [1.165, 1.54) is 0 Å². The highest BCUT2D eigenvalue weighted by atomic mass is 32.1. The molecule has 0 aromatic carbocycles. The van der Waals surface area contributed by atoms with Crippen LogP contribution in [0.4, 0.5) is 4.79 Å². The second kappa shape index (κ2) is 6.49. The molecule has 1 heterocycles. The first-order valence-corrected chi connectivity index (χ1v) is 5.77. The van der Waals surface area contributed by atoms with Crippen LogP contribution in [-0.4, -0.2) is 41.8 Å². The monoisotopic (exact) mass is 246 g/mol. The summed E-state index contributed by atoms with van der Waals surface area (Å²) in [5.41, 5.74) is 2.38. The van der Waals surface area contributed by atoms with Gasteiger partial charge in [-0.3, -0.25) is 0 Å². The molecule has 0 bridgehead atoms. The van der Waals surface area contributed by atoms with E-state index in [9.17, 15) is 4.79 Å². The lowest BCUT2D eigenvalue weighted by Crippen LogP contribution is -2.50. The third-order valence-electron chi connectivity index (χ3n) is 2.49. The lowest BCUT2D eigenvalue weighted by atomic mass is 10.1. The fraction of sp³-hybridized carbons (Fsp3) is 0.778. The zero-order valence-electron chi connectivity index (χ0n) is 9.36. The Kier molecular flexibility index (Phi) is 5.27. The minimum atomic E-state index is -0.236. The summed E-state index contributed by atoms with van der Waals surface area (Å²) >= 11 is 4.91. The first-order chi connectivity index (χ1) is 7.67. The number of amides is 1. The van der Waals surface area contributed by atoms with E-state index < -0.39 is 0 Å². The molecule has 1 amide bonds. The molecule has 0 radical (unpaired) electrons. The number of hydrazine groups is 1. The standard InChI is InChI=1S/C9H18N4O2S/c1-2-15-9(14)13-5-3-7(4-6-13)11-8(16)12-10/h7H,2-6,10H2,1H3,(H2,11,12,16). The van der Waals surface area contributed by atoms with Gasteiger partial charge >= 0.3 is 6.09 Å². The van der Waals surface area contributed by atoms with Gasteiger partial charge in [0.1, 0.15) is 0 Å². The second-order valence-corrected chi connectivity index (χ2v) is 3.99. The second-order valence-electron chi connectivity index (χ2n) is 3.58. The maximum absolute atomic E-state index is 11.4. The van der Waals surface area contributed by atoms with Crippen molar-refractivity contribution in [3.63, 3.8) is 0 Å². The summed E-state index contributed by atoms with van der Waals surface area (Å²) in [7, 11) is 0. The van der Waals surface area contributed by atoms with Crippen LogP contribution >= 0.6 is 12.2 Å². The summed E-state index contributed by atoms with van der Waals surface area (Å²) in [4.78, 5) is 13.1. The van der Waals surface area contributed by atoms with Crippen molar-refractivity contribution >= 4 is 23.4 Å². The predicted molar refractivity (Wildman–Crippen MR) is 64.7 cm³/mol.